The molecule has 0 fully saturated rings. The first kappa shape index (κ1) is 17.5. The van der Waals surface area contributed by atoms with Crippen LogP contribution in [0.25, 0.3) is 0 Å². The molecule has 6 nitrogen and oxygen atoms in total. The molecule has 2 aromatic carbocycles. The Kier molecular flexibility index (Phi) is 5.88. The number of hydrogen-bond donors (Lipinski definition) is 0. The molecule has 2 aromatic rings. The molecule has 26 heavy (non-hydrogen) atoms. The maximum Gasteiger partial charge on any atom is 0.386 e. The predicted octanol–water partition coefficient (Wildman–Crippen LogP) is 4.35. The average molecular weight is 354 g/mol. The van der Waals surface area contributed by atoms with Gasteiger partial charge in [-0.1, -0.05) is 36.4 Å². The van der Waals surface area contributed by atoms with Crippen LogP contribution in [0.15, 0.2) is 72.2 Å². The second-order valence-electron chi connectivity index (χ2n) is 5.69. The van der Waals surface area contributed by atoms with E-state index in [0.717, 1.165) is 12.8 Å². The van der Waals surface area contributed by atoms with Gasteiger partial charge in [0.25, 0.3) is 0 Å². The lowest BCUT2D eigenvalue weighted by atomic mass is 10.0. The van der Waals surface area contributed by atoms with Crippen molar-refractivity contribution in [3.63, 3.8) is 0 Å². The van der Waals surface area contributed by atoms with Gasteiger partial charge >= 0.3 is 11.9 Å². The number of carbonyl (C=O) groups excluding carboxylic acids is 2. The predicted molar refractivity (Wildman–Crippen MR) is 91.4 cm³/mol. The molecule has 134 valence electrons. The van der Waals surface area contributed by atoms with Gasteiger partial charge in [0.15, 0.2) is 11.5 Å². The maximum atomic E-state index is 11.9. The molecule has 0 heterocycles. The normalized spacial score (nSPS) is 13.7. The molecule has 0 bridgehead atoms. The van der Waals surface area contributed by atoms with Gasteiger partial charge in [-0.3, -0.25) is 9.78 Å². The van der Waals surface area contributed by atoms with Crippen molar-refractivity contribution in [2.75, 3.05) is 0 Å². The van der Waals surface area contributed by atoms with E-state index >= 15 is 0 Å². The number of hydrogen-bond acceptors (Lipinski definition) is 6. The molecule has 0 spiro atoms. The van der Waals surface area contributed by atoms with Gasteiger partial charge in [-0.15, -0.1) is 0 Å². The van der Waals surface area contributed by atoms with E-state index in [1.165, 1.54) is 0 Å². The third-order valence-electron chi connectivity index (χ3n) is 3.82. The van der Waals surface area contributed by atoms with Gasteiger partial charge in [-0.2, -0.15) is 0 Å². The van der Waals surface area contributed by atoms with E-state index in [9.17, 15) is 9.59 Å². The number of allylic oxidation sites excluding steroid dienone is 2. The van der Waals surface area contributed by atoms with Gasteiger partial charge in [0.2, 0.25) is 0 Å². The van der Waals surface area contributed by atoms with Crippen LogP contribution in [0.3, 0.4) is 0 Å². The van der Waals surface area contributed by atoms with E-state index in [0.29, 0.717) is 35.5 Å². The van der Waals surface area contributed by atoms with Crippen LogP contribution in [-0.4, -0.2) is 11.9 Å². The van der Waals surface area contributed by atoms with Crippen LogP contribution in [-0.2, 0) is 19.6 Å². The number of carbonyl (C=O) groups is 2. The number of benzene rings is 2. The molecule has 0 aliphatic heterocycles. The van der Waals surface area contributed by atoms with Crippen molar-refractivity contribution in [1.82, 2.24) is 0 Å². The topological polar surface area (TPSA) is 71.1 Å². The highest BCUT2D eigenvalue weighted by molar-refractivity contribution is 5.89. The van der Waals surface area contributed by atoms with Gasteiger partial charge in [0, 0.05) is 12.8 Å². The minimum atomic E-state index is -0.607. The van der Waals surface area contributed by atoms with Crippen molar-refractivity contribution in [1.29, 1.82) is 0 Å². The van der Waals surface area contributed by atoms with Gasteiger partial charge in [-0.25, -0.2) is 19.4 Å². The summed E-state index contributed by atoms with van der Waals surface area (Å²) in [5.41, 5.74) is 0.753. The van der Waals surface area contributed by atoms with Gasteiger partial charge in [0.05, 0.1) is 11.1 Å². The summed E-state index contributed by atoms with van der Waals surface area (Å²) in [4.78, 5) is 44.0. The summed E-state index contributed by atoms with van der Waals surface area (Å²) in [5.74, 6) is -0.517. The van der Waals surface area contributed by atoms with Crippen molar-refractivity contribution < 1.29 is 29.1 Å². The fourth-order valence-electron chi connectivity index (χ4n) is 2.45. The fourth-order valence-corrected chi connectivity index (χ4v) is 2.45. The van der Waals surface area contributed by atoms with E-state index in [1.807, 2.05) is 0 Å². The summed E-state index contributed by atoms with van der Waals surface area (Å²) in [6, 6.07) is 17.0. The highest BCUT2D eigenvalue weighted by Crippen LogP contribution is 2.27. The summed E-state index contributed by atoms with van der Waals surface area (Å²) in [5, 5.41) is 0. The maximum absolute atomic E-state index is 11.9. The Bertz CT molecular complexity index is 715. The lowest BCUT2D eigenvalue weighted by Gasteiger charge is -2.17. The minimum absolute atomic E-state index is 0.349. The quantitative estimate of drug-likeness (QED) is 0.567. The first-order valence-corrected chi connectivity index (χ1v) is 8.34. The summed E-state index contributed by atoms with van der Waals surface area (Å²) < 4.78 is 0. The van der Waals surface area contributed by atoms with Gasteiger partial charge in [-0.05, 0) is 37.1 Å². The molecule has 0 atom stereocenters. The molecular formula is C20H18O6. The standard InChI is InChI=1S/C20H18O6/c21-19(15-9-3-1-4-10-15)25-23-17-13-7-8-14-18(17)24-26-20(22)16-11-5-2-6-12-16/h1-6,9-12H,7-8,13-14H2. The summed E-state index contributed by atoms with van der Waals surface area (Å²) in [7, 11) is 0. The molecule has 0 saturated carbocycles. The van der Waals surface area contributed by atoms with Crippen molar-refractivity contribution in [3.05, 3.63) is 83.3 Å². The van der Waals surface area contributed by atoms with E-state index in [2.05, 4.69) is 0 Å². The number of rotatable bonds is 6. The van der Waals surface area contributed by atoms with Crippen LogP contribution < -0.4 is 0 Å². The minimum Gasteiger partial charge on any atom is -0.287 e. The third kappa shape index (κ3) is 4.63. The Hall–Kier alpha value is -3.28. The fraction of sp³-hybridized carbons (Fsp3) is 0.200. The molecule has 0 aromatic heterocycles. The lowest BCUT2D eigenvalue weighted by Crippen LogP contribution is -2.13. The second-order valence-corrected chi connectivity index (χ2v) is 5.69. The summed E-state index contributed by atoms with van der Waals surface area (Å²) >= 11 is 0. The molecular weight excluding hydrogens is 336 g/mol. The highest BCUT2D eigenvalue weighted by atomic mass is 17.2. The molecule has 1 aliphatic carbocycles. The van der Waals surface area contributed by atoms with E-state index in [1.54, 1.807) is 60.7 Å². The Labute approximate surface area is 150 Å². The second kappa shape index (κ2) is 8.71. The van der Waals surface area contributed by atoms with Crippen LogP contribution in [0.5, 0.6) is 0 Å². The smallest absolute Gasteiger partial charge is 0.287 e. The zero-order chi connectivity index (χ0) is 18.2. The molecule has 0 unspecified atom stereocenters. The third-order valence-corrected chi connectivity index (χ3v) is 3.82. The van der Waals surface area contributed by atoms with Crippen LogP contribution in [0.1, 0.15) is 46.4 Å². The first-order valence-electron chi connectivity index (χ1n) is 8.34. The Morgan fingerprint density at radius 3 is 1.38 bits per heavy atom. The SMILES string of the molecule is O=C(OOC1=C(OOC(=O)c2ccccc2)CCCC1)c1ccccc1. The van der Waals surface area contributed by atoms with Crippen LogP contribution >= 0.6 is 0 Å². The largest absolute Gasteiger partial charge is 0.386 e. The van der Waals surface area contributed by atoms with Crippen molar-refractivity contribution >= 4 is 11.9 Å². The Morgan fingerprint density at radius 1 is 0.615 bits per heavy atom. The summed E-state index contributed by atoms with van der Waals surface area (Å²) in [6.07, 6.45) is 2.77. The van der Waals surface area contributed by atoms with E-state index in [4.69, 9.17) is 19.6 Å². The zero-order valence-electron chi connectivity index (χ0n) is 14.1. The highest BCUT2D eigenvalue weighted by Gasteiger charge is 2.21. The molecule has 6 heteroatoms. The molecule has 3 rings (SSSR count). The molecule has 1 aliphatic rings. The molecule has 0 N–H and O–H groups in total. The van der Waals surface area contributed by atoms with Crippen LogP contribution in [0, 0.1) is 0 Å². The summed E-state index contributed by atoms with van der Waals surface area (Å²) in [6.45, 7) is 0. The van der Waals surface area contributed by atoms with Gasteiger partial charge in [0.1, 0.15) is 0 Å². The van der Waals surface area contributed by atoms with Gasteiger partial charge < -0.3 is 0 Å². The van der Waals surface area contributed by atoms with Crippen LogP contribution in [0.4, 0.5) is 0 Å². The molecule has 0 radical (unpaired) electrons. The Balaban J connectivity index is 1.59. The van der Waals surface area contributed by atoms with Crippen molar-refractivity contribution in [3.8, 4) is 0 Å². The lowest BCUT2D eigenvalue weighted by molar-refractivity contribution is -0.239. The monoisotopic (exact) mass is 354 g/mol. The van der Waals surface area contributed by atoms with Crippen molar-refractivity contribution in [2.24, 2.45) is 0 Å². The van der Waals surface area contributed by atoms with Crippen molar-refractivity contribution in [2.45, 2.75) is 25.7 Å². The molecule has 0 saturated heterocycles. The first-order chi connectivity index (χ1) is 12.7. The zero-order valence-corrected chi connectivity index (χ0v) is 14.1. The van der Waals surface area contributed by atoms with E-state index in [-0.39, 0.29) is 0 Å². The van der Waals surface area contributed by atoms with Crippen LogP contribution in [0.2, 0.25) is 0 Å². The van der Waals surface area contributed by atoms with E-state index < -0.39 is 11.9 Å². The molecule has 0 amide bonds. The Morgan fingerprint density at radius 2 is 1.00 bits per heavy atom. The average Bonchev–Trinajstić information content (AvgIpc) is 2.72.